The molecule has 0 saturated heterocycles. The topological polar surface area (TPSA) is 49.8 Å². The highest BCUT2D eigenvalue weighted by atomic mass is 79.9. The van der Waals surface area contributed by atoms with E-state index in [-0.39, 0.29) is 0 Å². The highest BCUT2D eigenvalue weighted by Gasteiger charge is 2.24. The molecule has 15 heavy (non-hydrogen) atoms. The van der Waals surface area contributed by atoms with Crippen molar-refractivity contribution in [3.05, 3.63) is 16.0 Å². The lowest BCUT2D eigenvalue weighted by Gasteiger charge is -2.19. The summed E-state index contributed by atoms with van der Waals surface area (Å²) >= 11 is 3.37. The minimum Gasteiger partial charge on any atom is -0.367 e. The van der Waals surface area contributed by atoms with E-state index in [0.717, 1.165) is 25.3 Å². The van der Waals surface area contributed by atoms with Crippen LogP contribution in [0, 0.1) is 0 Å². The highest BCUT2D eigenvalue weighted by molar-refractivity contribution is 9.10. The fourth-order valence-electron chi connectivity index (χ4n) is 1.85. The molecular formula is C10H13BrN4. The molecule has 2 heterocycles. The van der Waals surface area contributed by atoms with E-state index in [4.69, 9.17) is 0 Å². The molecule has 2 aliphatic rings. The molecule has 0 aromatic carbocycles. The zero-order valence-electron chi connectivity index (χ0n) is 8.39. The van der Waals surface area contributed by atoms with Crippen LogP contribution in [0.1, 0.15) is 24.1 Å². The molecule has 0 atom stereocenters. The van der Waals surface area contributed by atoms with Gasteiger partial charge in [-0.2, -0.15) is 0 Å². The summed E-state index contributed by atoms with van der Waals surface area (Å²) in [6.07, 6.45) is 3.53. The molecule has 0 amide bonds. The van der Waals surface area contributed by atoms with Gasteiger partial charge in [-0.15, -0.1) is 0 Å². The van der Waals surface area contributed by atoms with Crippen LogP contribution in [0.2, 0.25) is 0 Å². The smallest absolute Gasteiger partial charge is 0.198 e. The van der Waals surface area contributed by atoms with Gasteiger partial charge in [-0.25, -0.2) is 9.97 Å². The van der Waals surface area contributed by atoms with Crippen molar-refractivity contribution in [3.8, 4) is 0 Å². The van der Waals surface area contributed by atoms with Crippen molar-refractivity contribution < 1.29 is 0 Å². The van der Waals surface area contributed by atoms with E-state index in [0.29, 0.717) is 10.8 Å². The summed E-state index contributed by atoms with van der Waals surface area (Å²) in [4.78, 5) is 8.85. The molecular weight excluding hydrogens is 256 g/mol. The third kappa shape index (κ3) is 1.99. The maximum Gasteiger partial charge on any atom is 0.198 e. The number of hydrogen-bond donors (Lipinski definition) is 2. The molecule has 1 fully saturated rings. The molecule has 1 aliphatic carbocycles. The van der Waals surface area contributed by atoms with Crippen LogP contribution in [0.5, 0.6) is 0 Å². The number of halogens is 1. The molecule has 1 aromatic rings. The van der Waals surface area contributed by atoms with Gasteiger partial charge in [0.25, 0.3) is 0 Å². The molecule has 1 aliphatic heterocycles. The Kier molecular flexibility index (Phi) is 2.36. The number of nitrogens with one attached hydrogen (secondary N) is 2. The summed E-state index contributed by atoms with van der Waals surface area (Å²) < 4.78 is 0.700. The fraction of sp³-hybridized carbons (Fsp3) is 0.600. The van der Waals surface area contributed by atoms with Crippen molar-refractivity contribution in [2.45, 2.75) is 31.8 Å². The molecule has 80 valence electrons. The van der Waals surface area contributed by atoms with Gasteiger partial charge in [0.2, 0.25) is 0 Å². The molecule has 3 rings (SSSR count). The highest BCUT2D eigenvalue weighted by Crippen LogP contribution is 2.28. The van der Waals surface area contributed by atoms with E-state index in [1.165, 1.54) is 24.1 Å². The van der Waals surface area contributed by atoms with Crippen LogP contribution in [0.4, 0.5) is 5.82 Å². The summed E-state index contributed by atoms with van der Waals surface area (Å²) in [5.74, 6) is 1.02. The van der Waals surface area contributed by atoms with Crippen molar-refractivity contribution >= 4 is 21.7 Å². The number of aromatic nitrogens is 2. The molecule has 0 bridgehead atoms. The second-order valence-electron chi connectivity index (χ2n) is 4.11. The van der Waals surface area contributed by atoms with Crippen molar-refractivity contribution in [1.82, 2.24) is 15.3 Å². The average Bonchev–Trinajstić information content (AvgIpc) is 3.01. The van der Waals surface area contributed by atoms with E-state index in [1.54, 1.807) is 0 Å². The van der Waals surface area contributed by atoms with E-state index in [9.17, 15) is 0 Å². The summed E-state index contributed by atoms with van der Waals surface area (Å²) in [7, 11) is 0. The first-order chi connectivity index (χ1) is 7.33. The van der Waals surface area contributed by atoms with Crippen molar-refractivity contribution in [1.29, 1.82) is 0 Å². The third-order valence-electron chi connectivity index (χ3n) is 2.82. The van der Waals surface area contributed by atoms with E-state index in [1.807, 2.05) is 0 Å². The Morgan fingerprint density at radius 1 is 1.33 bits per heavy atom. The monoisotopic (exact) mass is 268 g/mol. The van der Waals surface area contributed by atoms with E-state index in [2.05, 4.69) is 36.5 Å². The number of anilines is 1. The molecule has 1 aromatic heterocycles. The molecule has 4 nitrogen and oxygen atoms in total. The molecule has 0 unspecified atom stereocenters. The van der Waals surface area contributed by atoms with Crippen LogP contribution in [-0.4, -0.2) is 22.6 Å². The van der Waals surface area contributed by atoms with Gasteiger partial charge in [-0.05, 0) is 28.8 Å². The zero-order chi connectivity index (χ0) is 10.3. The minimum atomic E-state index is 0.637. The van der Waals surface area contributed by atoms with Crippen molar-refractivity contribution in [2.75, 3.05) is 11.9 Å². The lowest BCUT2D eigenvalue weighted by atomic mass is 10.1. The summed E-state index contributed by atoms with van der Waals surface area (Å²) in [5.41, 5.74) is 2.43. The minimum absolute atomic E-state index is 0.637. The van der Waals surface area contributed by atoms with Gasteiger partial charge < -0.3 is 10.6 Å². The molecule has 5 heteroatoms. The Morgan fingerprint density at radius 3 is 3.00 bits per heavy atom. The van der Waals surface area contributed by atoms with Gasteiger partial charge in [-0.1, -0.05) is 0 Å². The second kappa shape index (κ2) is 3.72. The number of hydrogen-bond acceptors (Lipinski definition) is 4. The van der Waals surface area contributed by atoms with Gasteiger partial charge in [0.1, 0.15) is 5.82 Å². The first-order valence-electron chi connectivity index (χ1n) is 5.35. The second-order valence-corrected chi connectivity index (χ2v) is 4.82. The van der Waals surface area contributed by atoms with E-state index < -0.39 is 0 Å². The van der Waals surface area contributed by atoms with Gasteiger partial charge in [0, 0.05) is 31.1 Å². The Morgan fingerprint density at radius 2 is 2.20 bits per heavy atom. The van der Waals surface area contributed by atoms with Crippen LogP contribution in [0.3, 0.4) is 0 Å². The Hall–Kier alpha value is -0.680. The maximum atomic E-state index is 4.43. The first-order valence-corrected chi connectivity index (χ1v) is 6.15. The first kappa shape index (κ1) is 9.54. The predicted molar refractivity (Wildman–Crippen MR) is 61.8 cm³/mol. The van der Waals surface area contributed by atoms with Gasteiger partial charge in [0.15, 0.2) is 4.73 Å². The average molecular weight is 269 g/mol. The summed E-state index contributed by atoms with van der Waals surface area (Å²) in [6, 6.07) is 0.637. The molecule has 1 saturated carbocycles. The van der Waals surface area contributed by atoms with Gasteiger partial charge >= 0.3 is 0 Å². The summed E-state index contributed by atoms with van der Waals surface area (Å²) in [5, 5.41) is 6.82. The van der Waals surface area contributed by atoms with Crippen molar-refractivity contribution in [3.63, 3.8) is 0 Å². The van der Waals surface area contributed by atoms with Crippen molar-refractivity contribution in [2.24, 2.45) is 0 Å². The SMILES string of the molecule is Brc1nc2c(c(NC3CC3)n1)CNCC2. The number of nitrogens with zero attached hydrogens (tertiary/aromatic N) is 2. The van der Waals surface area contributed by atoms with Crippen LogP contribution in [0.15, 0.2) is 4.73 Å². The fourth-order valence-corrected chi connectivity index (χ4v) is 2.24. The van der Waals surface area contributed by atoms with Crippen LogP contribution in [0.25, 0.3) is 0 Å². The van der Waals surface area contributed by atoms with Crippen LogP contribution >= 0.6 is 15.9 Å². The van der Waals surface area contributed by atoms with Crippen LogP contribution < -0.4 is 10.6 Å². The third-order valence-corrected chi connectivity index (χ3v) is 3.18. The molecule has 0 radical (unpaired) electrons. The predicted octanol–water partition coefficient (Wildman–Crippen LogP) is 1.46. The number of rotatable bonds is 2. The Balaban J connectivity index is 1.98. The number of fused-ring (bicyclic) bond motifs is 1. The largest absolute Gasteiger partial charge is 0.367 e. The Bertz CT molecular complexity index is 389. The lowest BCUT2D eigenvalue weighted by molar-refractivity contribution is 0.625. The molecule has 0 spiro atoms. The normalized spacial score (nSPS) is 19.8. The summed E-state index contributed by atoms with van der Waals surface area (Å²) in [6.45, 7) is 1.90. The van der Waals surface area contributed by atoms with Gasteiger partial charge in [-0.3, -0.25) is 0 Å². The zero-order valence-corrected chi connectivity index (χ0v) is 9.97. The van der Waals surface area contributed by atoms with Crippen LogP contribution in [-0.2, 0) is 13.0 Å². The van der Waals surface area contributed by atoms with Gasteiger partial charge in [0.05, 0.1) is 5.69 Å². The quantitative estimate of drug-likeness (QED) is 0.798. The lowest BCUT2D eigenvalue weighted by Crippen LogP contribution is -2.26. The molecule has 2 N–H and O–H groups in total. The maximum absolute atomic E-state index is 4.43. The van der Waals surface area contributed by atoms with E-state index >= 15 is 0 Å². The standard InChI is InChI=1S/C10H13BrN4/c11-10-14-8-3-4-12-5-7(8)9(15-10)13-6-1-2-6/h6,12H,1-5H2,(H,13,14,15). The Labute approximate surface area is 97.0 Å².